The molecule has 4 rings (SSSR count). The van der Waals surface area contributed by atoms with Gasteiger partial charge in [-0.2, -0.15) is 0 Å². The van der Waals surface area contributed by atoms with Gasteiger partial charge in [0, 0.05) is 23.7 Å². The van der Waals surface area contributed by atoms with Gasteiger partial charge in [-0.05, 0) is 36.5 Å². The van der Waals surface area contributed by atoms with Gasteiger partial charge in [-0.1, -0.05) is 29.8 Å². The second-order valence-corrected chi connectivity index (χ2v) is 7.07. The van der Waals surface area contributed by atoms with Crippen LogP contribution < -0.4 is 5.32 Å². The monoisotopic (exact) mass is 344 g/mol. The highest BCUT2D eigenvalue weighted by atomic mass is 35.5. The third kappa shape index (κ3) is 2.44. The molecule has 24 heavy (non-hydrogen) atoms. The summed E-state index contributed by atoms with van der Waals surface area (Å²) in [6, 6.07) is 6.86. The van der Waals surface area contributed by atoms with Crippen LogP contribution in [0.3, 0.4) is 0 Å². The SMILES string of the molecule is O=C(CCN1C(=O)[C@H]2[C@H](C1=O)[C@H]1C=C[C@H]2C1)Nc1cccc(Cl)c1. The van der Waals surface area contributed by atoms with E-state index in [2.05, 4.69) is 17.5 Å². The average Bonchev–Trinajstić information content (AvgIpc) is 3.20. The molecule has 2 bridgehead atoms. The van der Waals surface area contributed by atoms with E-state index < -0.39 is 0 Å². The fourth-order valence-electron chi connectivity index (χ4n) is 4.19. The number of nitrogens with zero attached hydrogens (tertiary/aromatic N) is 1. The quantitative estimate of drug-likeness (QED) is 0.674. The summed E-state index contributed by atoms with van der Waals surface area (Å²) in [5, 5.41) is 3.27. The van der Waals surface area contributed by atoms with Crippen molar-refractivity contribution in [3.8, 4) is 0 Å². The van der Waals surface area contributed by atoms with Crippen molar-refractivity contribution in [3.05, 3.63) is 41.4 Å². The number of hydrogen-bond acceptors (Lipinski definition) is 3. The molecule has 1 aromatic rings. The molecule has 2 fully saturated rings. The van der Waals surface area contributed by atoms with E-state index in [1.54, 1.807) is 24.3 Å². The van der Waals surface area contributed by atoms with Crippen molar-refractivity contribution in [3.63, 3.8) is 0 Å². The lowest BCUT2D eigenvalue weighted by Crippen LogP contribution is -2.35. The van der Waals surface area contributed by atoms with Crippen molar-refractivity contribution >= 4 is 35.0 Å². The lowest BCUT2D eigenvalue weighted by molar-refractivity contribution is -0.140. The minimum Gasteiger partial charge on any atom is -0.326 e. The highest BCUT2D eigenvalue weighted by Crippen LogP contribution is 2.52. The number of amides is 3. The molecule has 2 aliphatic carbocycles. The van der Waals surface area contributed by atoms with Crippen molar-refractivity contribution in [2.75, 3.05) is 11.9 Å². The van der Waals surface area contributed by atoms with Crippen LogP contribution in [0.15, 0.2) is 36.4 Å². The van der Waals surface area contributed by atoms with Gasteiger partial charge in [-0.15, -0.1) is 0 Å². The van der Waals surface area contributed by atoms with E-state index in [9.17, 15) is 14.4 Å². The summed E-state index contributed by atoms with van der Waals surface area (Å²) in [4.78, 5) is 38.4. The maximum atomic E-state index is 12.5. The summed E-state index contributed by atoms with van der Waals surface area (Å²) in [7, 11) is 0. The number of anilines is 1. The van der Waals surface area contributed by atoms with Crippen molar-refractivity contribution in [2.24, 2.45) is 23.7 Å². The summed E-state index contributed by atoms with van der Waals surface area (Å²) < 4.78 is 0. The maximum Gasteiger partial charge on any atom is 0.233 e. The third-order valence-corrected chi connectivity index (χ3v) is 5.47. The van der Waals surface area contributed by atoms with E-state index in [-0.39, 0.29) is 54.4 Å². The van der Waals surface area contributed by atoms with Gasteiger partial charge in [0.1, 0.15) is 0 Å². The molecule has 0 spiro atoms. The molecule has 6 heteroatoms. The van der Waals surface area contributed by atoms with E-state index in [0.717, 1.165) is 6.42 Å². The number of likely N-dealkylation sites (tertiary alicyclic amines) is 1. The van der Waals surface area contributed by atoms with Crippen LogP contribution in [-0.4, -0.2) is 29.2 Å². The largest absolute Gasteiger partial charge is 0.326 e. The van der Waals surface area contributed by atoms with Crippen molar-refractivity contribution in [2.45, 2.75) is 12.8 Å². The Hall–Kier alpha value is -2.14. The van der Waals surface area contributed by atoms with Crippen LogP contribution in [0.1, 0.15) is 12.8 Å². The molecule has 1 saturated carbocycles. The van der Waals surface area contributed by atoms with E-state index in [1.807, 2.05) is 0 Å². The zero-order valence-electron chi connectivity index (χ0n) is 12.9. The van der Waals surface area contributed by atoms with Crippen molar-refractivity contribution in [1.82, 2.24) is 4.90 Å². The number of carbonyl (C=O) groups excluding carboxylic acids is 3. The molecular weight excluding hydrogens is 328 g/mol. The van der Waals surface area contributed by atoms with Gasteiger partial charge in [0.05, 0.1) is 11.8 Å². The van der Waals surface area contributed by atoms with Gasteiger partial charge >= 0.3 is 0 Å². The fraction of sp³-hybridized carbons (Fsp3) is 0.389. The molecule has 1 saturated heterocycles. The van der Waals surface area contributed by atoms with Crippen LogP contribution in [0.4, 0.5) is 5.69 Å². The van der Waals surface area contributed by atoms with Crippen LogP contribution in [0.5, 0.6) is 0 Å². The lowest BCUT2D eigenvalue weighted by Gasteiger charge is -2.16. The standard InChI is InChI=1S/C18H17ClN2O3/c19-12-2-1-3-13(9-12)20-14(22)6-7-21-17(23)15-10-4-5-11(8-10)16(15)18(21)24/h1-5,9-11,15-16H,6-8H2,(H,20,22)/t10-,11-,15+,16+/m0/s1. The Bertz CT molecular complexity index is 730. The number of hydrogen-bond donors (Lipinski definition) is 1. The number of halogens is 1. The van der Waals surface area contributed by atoms with Crippen molar-refractivity contribution < 1.29 is 14.4 Å². The Labute approximate surface area is 144 Å². The molecular formula is C18H17ClN2O3. The minimum absolute atomic E-state index is 0.0895. The number of benzene rings is 1. The molecule has 0 unspecified atom stereocenters. The topological polar surface area (TPSA) is 66.5 Å². The molecule has 3 aliphatic rings. The van der Waals surface area contributed by atoms with Gasteiger partial charge in [-0.3, -0.25) is 19.3 Å². The summed E-state index contributed by atoms with van der Waals surface area (Å²) in [6.07, 6.45) is 5.13. The molecule has 0 aromatic heterocycles. The van der Waals surface area contributed by atoms with E-state index >= 15 is 0 Å². The van der Waals surface area contributed by atoms with Crippen LogP contribution in [-0.2, 0) is 14.4 Å². The summed E-state index contributed by atoms with van der Waals surface area (Å²) in [5.74, 6) is -0.485. The minimum atomic E-state index is -0.240. The number of fused-ring (bicyclic) bond motifs is 5. The van der Waals surface area contributed by atoms with Gasteiger partial charge in [0.25, 0.3) is 0 Å². The maximum absolute atomic E-state index is 12.5. The lowest BCUT2D eigenvalue weighted by atomic mass is 9.85. The summed E-state index contributed by atoms with van der Waals surface area (Å²) in [5.41, 5.74) is 0.602. The number of nitrogens with one attached hydrogen (secondary N) is 1. The van der Waals surface area contributed by atoms with E-state index in [4.69, 9.17) is 11.6 Å². The average molecular weight is 345 g/mol. The predicted octanol–water partition coefficient (Wildman–Crippen LogP) is 2.48. The number of rotatable bonds is 4. The first-order valence-corrected chi connectivity index (χ1v) is 8.51. The number of imide groups is 1. The van der Waals surface area contributed by atoms with Crippen molar-refractivity contribution in [1.29, 1.82) is 0 Å². The zero-order chi connectivity index (χ0) is 16.8. The smallest absolute Gasteiger partial charge is 0.233 e. The summed E-state index contributed by atoms with van der Waals surface area (Å²) in [6.45, 7) is 0.135. The van der Waals surface area contributed by atoms with E-state index in [0.29, 0.717) is 10.7 Å². The first-order chi connectivity index (χ1) is 11.5. The highest BCUT2D eigenvalue weighted by molar-refractivity contribution is 6.30. The second kappa shape index (κ2) is 5.74. The third-order valence-electron chi connectivity index (χ3n) is 5.23. The molecule has 0 radical (unpaired) electrons. The normalized spacial score (nSPS) is 30.1. The molecule has 1 heterocycles. The Morgan fingerprint density at radius 2 is 1.83 bits per heavy atom. The van der Waals surface area contributed by atoms with Crippen LogP contribution in [0.25, 0.3) is 0 Å². The number of allylic oxidation sites excluding steroid dienone is 2. The van der Waals surface area contributed by atoms with Gasteiger partial charge in [0.15, 0.2) is 0 Å². The van der Waals surface area contributed by atoms with Crippen LogP contribution >= 0.6 is 11.6 Å². The Kier molecular flexibility index (Phi) is 3.68. The van der Waals surface area contributed by atoms with Gasteiger partial charge < -0.3 is 5.32 Å². The Balaban J connectivity index is 1.37. The fourth-order valence-corrected chi connectivity index (χ4v) is 4.38. The molecule has 3 amide bonds. The van der Waals surface area contributed by atoms with Gasteiger partial charge in [0.2, 0.25) is 17.7 Å². The first kappa shape index (κ1) is 15.4. The Morgan fingerprint density at radius 3 is 2.46 bits per heavy atom. The molecule has 1 aliphatic heterocycles. The number of carbonyl (C=O) groups is 3. The van der Waals surface area contributed by atoms with E-state index in [1.165, 1.54) is 4.90 Å². The highest BCUT2D eigenvalue weighted by Gasteiger charge is 2.58. The molecule has 4 atom stereocenters. The Morgan fingerprint density at radius 1 is 1.17 bits per heavy atom. The van der Waals surface area contributed by atoms with Crippen LogP contribution in [0.2, 0.25) is 5.02 Å². The second-order valence-electron chi connectivity index (χ2n) is 6.64. The zero-order valence-corrected chi connectivity index (χ0v) is 13.7. The predicted molar refractivity (Wildman–Crippen MR) is 89.1 cm³/mol. The summed E-state index contributed by atoms with van der Waals surface area (Å²) >= 11 is 5.88. The first-order valence-electron chi connectivity index (χ1n) is 8.13. The molecule has 124 valence electrons. The molecule has 1 N–H and O–H groups in total. The molecule has 5 nitrogen and oxygen atoms in total. The van der Waals surface area contributed by atoms with Crippen LogP contribution in [0, 0.1) is 23.7 Å². The van der Waals surface area contributed by atoms with Gasteiger partial charge in [-0.25, -0.2) is 0 Å². The molecule has 1 aromatic carbocycles.